The summed E-state index contributed by atoms with van der Waals surface area (Å²) in [7, 11) is 0. The Kier molecular flexibility index (Phi) is 8.67. The molecule has 18 heavy (non-hydrogen) atoms. The Morgan fingerprint density at radius 3 is 2.72 bits per heavy atom. The van der Waals surface area contributed by atoms with Crippen LogP contribution in [0.4, 0.5) is 0 Å². The zero-order chi connectivity index (χ0) is 13.2. The number of carbonyl (C=O) groups is 1. The van der Waals surface area contributed by atoms with E-state index in [0.29, 0.717) is 6.42 Å². The van der Waals surface area contributed by atoms with Crippen molar-refractivity contribution in [3.63, 3.8) is 0 Å². The van der Waals surface area contributed by atoms with Gasteiger partial charge >= 0.3 is 0 Å². The summed E-state index contributed by atoms with van der Waals surface area (Å²) in [5.74, 6) is 0.113. The first-order valence-corrected chi connectivity index (χ1v) is 8.61. The molecule has 0 unspecified atom stereocenters. The standard InChI is InChI=1S/C14H19BrINO/c15-13-7-5-6-12(10-13)11-14(18)17-9-4-2-1-3-8-16/h5-7,10H,1-4,8-9,11H2,(H,17,18). The monoisotopic (exact) mass is 423 g/mol. The third kappa shape index (κ3) is 7.36. The van der Waals surface area contributed by atoms with Crippen molar-refractivity contribution in [2.75, 3.05) is 11.0 Å². The molecule has 0 spiro atoms. The average Bonchev–Trinajstić information content (AvgIpc) is 2.33. The highest BCUT2D eigenvalue weighted by Crippen LogP contribution is 2.11. The Morgan fingerprint density at radius 2 is 2.00 bits per heavy atom. The van der Waals surface area contributed by atoms with Crippen LogP contribution < -0.4 is 5.32 Å². The molecule has 0 atom stereocenters. The highest BCUT2D eigenvalue weighted by molar-refractivity contribution is 14.1. The topological polar surface area (TPSA) is 29.1 Å². The molecular formula is C14H19BrINO. The molecule has 0 aliphatic rings. The summed E-state index contributed by atoms with van der Waals surface area (Å²) in [5.41, 5.74) is 1.05. The molecule has 0 radical (unpaired) electrons. The normalized spacial score (nSPS) is 10.3. The fraction of sp³-hybridized carbons (Fsp3) is 0.500. The van der Waals surface area contributed by atoms with Gasteiger partial charge in [0.15, 0.2) is 0 Å². The molecule has 1 amide bonds. The van der Waals surface area contributed by atoms with Crippen LogP contribution in [-0.4, -0.2) is 16.9 Å². The van der Waals surface area contributed by atoms with E-state index in [9.17, 15) is 4.79 Å². The quantitative estimate of drug-likeness (QED) is 0.380. The van der Waals surface area contributed by atoms with Gasteiger partial charge in [-0.25, -0.2) is 0 Å². The van der Waals surface area contributed by atoms with E-state index < -0.39 is 0 Å². The number of halogens is 2. The van der Waals surface area contributed by atoms with Gasteiger partial charge in [-0.3, -0.25) is 4.79 Å². The first kappa shape index (κ1) is 16.0. The third-order valence-electron chi connectivity index (χ3n) is 2.64. The van der Waals surface area contributed by atoms with Crippen molar-refractivity contribution in [1.82, 2.24) is 5.32 Å². The zero-order valence-corrected chi connectivity index (χ0v) is 14.2. The van der Waals surface area contributed by atoms with Gasteiger partial charge in [0.25, 0.3) is 0 Å². The highest BCUT2D eigenvalue weighted by Gasteiger charge is 2.02. The van der Waals surface area contributed by atoms with Gasteiger partial charge in [0.1, 0.15) is 0 Å². The summed E-state index contributed by atoms with van der Waals surface area (Å²) < 4.78 is 2.25. The van der Waals surface area contributed by atoms with E-state index in [4.69, 9.17) is 0 Å². The number of amides is 1. The Morgan fingerprint density at radius 1 is 1.22 bits per heavy atom. The minimum atomic E-state index is 0.113. The second kappa shape index (κ2) is 9.78. The lowest BCUT2D eigenvalue weighted by atomic mass is 10.1. The third-order valence-corrected chi connectivity index (χ3v) is 3.89. The fourth-order valence-electron chi connectivity index (χ4n) is 1.70. The van der Waals surface area contributed by atoms with Crippen LogP contribution in [0.3, 0.4) is 0 Å². The Hall–Kier alpha value is -0.100. The predicted octanol–water partition coefficient (Wildman–Crippen LogP) is 4.10. The van der Waals surface area contributed by atoms with E-state index in [1.165, 1.54) is 23.7 Å². The molecule has 1 N–H and O–H groups in total. The molecule has 0 heterocycles. The van der Waals surface area contributed by atoms with E-state index in [0.717, 1.165) is 23.0 Å². The largest absolute Gasteiger partial charge is 0.356 e. The second-order valence-electron chi connectivity index (χ2n) is 4.26. The first-order valence-electron chi connectivity index (χ1n) is 6.29. The van der Waals surface area contributed by atoms with Crippen molar-refractivity contribution in [3.05, 3.63) is 34.3 Å². The maximum atomic E-state index is 11.7. The number of alkyl halides is 1. The lowest BCUT2D eigenvalue weighted by Crippen LogP contribution is -2.26. The van der Waals surface area contributed by atoms with E-state index in [2.05, 4.69) is 43.8 Å². The minimum absolute atomic E-state index is 0.113. The van der Waals surface area contributed by atoms with Crippen LogP contribution in [0.5, 0.6) is 0 Å². The molecule has 1 aromatic rings. The number of carbonyl (C=O) groups excluding carboxylic acids is 1. The smallest absolute Gasteiger partial charge is 0.224 e. The van der Waals surface area contributed by atoms with Crippen LogP contribution in [0.2, 0.25) is 0 Å². The maximum absolute atomic E-state index is 11.7. The fourth-order valence-corrected chi connectivity index (χ4v) is 2.68. The first-order chi connectivity index (χ1) is 8.72. The van der Waals surface area contributed by atoms with Crippen LogP contribution >= 0.6 is 38.5 Å². The van der Waals surface area contributed by atoms with Crippen LogP contribution in [0.1, 0.15) is 31.2 Å². The Balaban J connectivity index is 2.14. The lowest BCUT2D eigenvalue weighted by molar-refractivity contribution is -0.120. The Bertz CT molecular complexity index is 371. The van der Waals surface area contributed by atoms with Crippen LogP contribution in [0, 0.1) is 0 Å². The molecule has 0 fully saturated rings. The van der Waals surface area contributed by atoms with Crippen LogP contribution in [0.25, 0.3) is 0 Å². The SMILES string of the molecule is O=C(Cc1cccc(Br)c1)NCCCCCCI. The van der Waals surface area contributed by atoms with E-state index >= 15 is 0 Å². The van der Waals surface area contributed by atoms with Crippen molar-refractivity contribution in [2.24, 2.45) is 0 Å². The summed E-state index contributed by atoms with van der Waals surface area (Å²) in [6.45, 7) is 0.800. The van der Waals surface area contributed by atoms with Gasteiger partial charge in [-0.15, -0.1) is 0 Å². The van der Waals surface area contributed by atoms with Crippen LogP contribution in [-0.2, 0) is 11.2 Å². The molecule has 0 aliphatic heterocycles. The molecule has 1 rings (SSSR count). The van der Waals surface area contributed by atoms with Gasteiger partial charge in [0.05, 0.1) is 6.42 Å². The number of rotatable bonds is 8. The lowest BCUT2D eigenvalue weighted by Gasteiger charge is -2.05. The van der Waals surface area contributed by atoms with Gasteiger partial charge in [-0.2, -0.15) is 0 Å². The highest BCUT2D eigenvalue weighted by atomic mass is 127. The van der Waals surface area contributed by atoms with Crippen molar-refractivity contribution in [3.8, 4) is 0 Å². The van der Waals surface area contributed by atoms with Gasteiger partial charge in [0, 0.05) is 11.0 Å². The van der Waals surface area contributed by atoms with Crippen molar-refractivity contribution >= 4 is 44.4 Å². The number of hydrogen-bond donors (Lipinski definition) is 1. The number of unbranched alkanes of at least 4 members (excludes halogenated alkanes) is 3. The van der Waals surface area contributed by atoms with Gasteiger partial charge in [0.2, 0.25) is 5.91 Å². The molecule has 0 saturated heterocycles. The summed E-state index contributed by atoms with van der Waals surface area (Å²) in [6.07, 6.45) is 5.31. The molecule has 0 bridgehead atoms. The number of nitrogens with one attached hydrogen (secondary N) is 1. The molecule has 1 aromatic carbocycles. The van der Waals surface area contributed by atoms with E-state index in [1.54, 1.807) is 0 Å². The van der Waals surface area contributed by atoms with Crippen molar-refractivity contribution in [1.29, 1.82) is 0 Å². The van der Waals surface area contributed by atoms with Gasteiger partial charge < -0.3 is 5.32 Å². The molecule has 4 heteroatoms. The minimum Gasteiger partial charge on any atom is -0.356 e. The average molecular weight is 424 g/mol. The summed E-state index contributed by atoms with van der Waals surface area (Å²) >= 11 is 5.81. The molecule has 2 nitrogen and oxygen atoms in total. The van der Waals surface area contributed by atoms with Crippen LogP contribution in [0.15, 0.2) is 28.7 Å². The maximum Gasteiger partial charge on any atom is 0.224 e. The summed E-state index contributed by atoms with van der Waals surface area (Å²) in [5, 5.41) is 2.97. The van der Waals surface area contributed by atoms with E-state index in [-0.39, 0.29) is 5.91 Å². The molecule has 0 aromatic heterocycles. The summed E-state index contributed by atoms with van der Waals surface area (Å²) in [6, 6.07) is 7.88. The van der Waals surface area contributed by atoms with Gasteiger partial charge in [-0.05, 0) is 35.0 Å². The number of hydrogen-bond acceptors (Lipinski definition) is 1. The second-order valence-corrected chi connectivity index (χ2v) is 6.25. The predicted molar refractivity (Wildman–Crippen MR) is 88.2 cm³/mol. The molecular weight excluding hydrogens is 405 g/mol. The Labute approximate surface area is 131 Å². The van der Waals surface area contributed by atoms with Gasteiger partial charge in [-0.1, -0.05) is 63.5 Å². The van der Waals surface area contributed by atoms with Crippen molar-refractivity contribution < 1.29 is 4.79 Å². The summed E-state index contributed by atoms with van der Waals surface area (Å²) in [4.78, 5) is 11.7. The molecule has 100 valence electrons. The molecule has 0 aliphatic carbocycles. The zero-order valence-electron chi connectivity index (χ0n) is 10.4. The van der Waals surface area contributed by atoms with E-state index in [1.807, 2.05) is 24.3 Å². The number of benzene rings is 1. The molecule has 0 saturated carbocycles. The van der Waals surface area contributed by atoms with Crippen molar-refractivity contribution in [2.45, 2.75) is 32.1 Å².